The summed E-state index contributed by atoms with van der Waals surface area (Å²) in [5.74, 6) is -2.17. The number of carboxylic acid groups (broad SMARTS) is 1. The van der Waals surface area contributed by atoms with Crippen molar-refractivity contribution in [1.82, 2.24) is 5.06 Å². The molecule has 0 aliphatic rings. The molecule has 0 rings (SSSR count). The highest BCUT2D eigenvalue weighted by molar-refractivity contribution is 7.54. The highest BCUT2D eigenvalue weighted by Gasteiger charge is 2.52. The molecule has 0 spiro atoms. The van der Waals surface area contributed by atoms with Crippen molar-refractivity contribution in [2.24, 2.45) is 10.8 Å². The molecule has 0 saturated carbocycles. The van der Waals surface area contributed by atoms with Crippen LogP contribution in [-0.2, 0) is 28.0 Å². The Morgan fingerprint density at radius 2 is 1.32 bits per heavy atom. The molecule has 0 heterocycles. The first-order chi connectivity index (χ1) is 15.1. The fourth-order valence-electron chi connectivity index (χ4n) is 3.02. The lowest BCUT2D eigenvalue weighted by molar-refractivity contribution is -0.264. The van der Waals surface area contributed by atoms with E-state index >= 15 is 0 Å². The van der Waals surface area contributed by atoms with Crippen molar-refractivity contribution >= 4 is 19.3 Å². The van der Waals surface area contributed by atoms with E-state index in [1.54, 1.807) is 41.5 Å². The van der Waals surface area contributed by atoms with E-state index in [1.165, 1.54) is 12.0 Å². The Labute approximate surface area is 207 Å². The molecular weight excluding hydrogens is 461 g/mol. The van der Waals surface area contributed by atoms with Gasteiger partial charge in [-0.1, -0.05) is 20.8 Å². The molecular formula is C24H50NO8P. The van der Waals surface area contributed by atoms with E-state index in [2.05, 4.69) is 0 Å². The number of ketones is 1. The maximum atomic E-state index is 13.8. The topological polar surface area (TPSA) is 123 Å². The van der Waals surface area contributed by atoms with Gasteiger partial charge >= 0.3 is 13.6 Å². The van der Waals surface area contributed by atoms with Gasteiger partial charge < -0.3 is 19.3 Å². The van der Waals surface area contributed by atoms with E-state index in [4.69, 9.17) is 19.0 Å². The molecule has 0 aromatic carbocycles. The molecule has 0 aromatic heterocycles. The third kappa shape index (κ3) is 12.2. The van der Waals surface area contributed by atoms with Gasteiger partial charge in [-0.3, -0.25) is 19.0 Å². The van der Waals surface area contributed by atoms with Gasteiger partial charge in [0.25, 0.3) is 0 Å². The van der Waals surface area contributed by atoms with E-state index in [1.807, 2.05) is 41.5 Å². The molecule has 34 heavy (non-hydrogen) atoms. The summed E-state index contributed by atoms with van der Waals surface area (Å²) in [6, 6.07) is 0. The minimum Gasteiger partial charge on any atom is -0.481 e. The molecule has 0 radical (unpaired) electrons. The Bertz CT molecular complexity index is 667. The molecule has 2 unspecified atom stereocenters. The number of nitrogens with zero attached hydrogens (tertiary/aromatic N) is 1. The lowest BCUT2D eigenvalue weighted by Crippen LogP contribution is -2.55. The van der Waals surface area contributed by atoms with Gasteiger partial charge in [0.2, 0.25) is 0 Å². The zero-order valence-electron chi connectivity index (χ0n) is 23.6. The van der Waals surface area contributed by atoms with Gasteiger partial charge in [0.1, 0.15) is 11.9 Å². The summed E-state index contributed by atoms with van der Waals surface area (Å²) >= 11 is 0. The van der Waals surface area contributed by atoms with E-state index < -0.39 is 41.8 Å². The third-order valence-corrected chi connectivity index (χ3v) is 7.36. The van der Waals surface area contributed by atoms with Gasteiger partial charge in [-0.2, -0.15) is 5.06 Å². The Morgan fingerprint density at radius 3 is 1.56 bits per heavy atom. The van der Waals surface area contributed by atoms with Crippen molar-refractivity contribution in [3.63, 3.8) is 0 Å². The summed E-state index contributed by atoms with van der Waals surface area (Å²) in [6.07, 6.45) is -1.23. The molecule has 0 aliphatic carbocycles. The quantitative estimate of drug-likeness (QED) is 0.258. The molecule has 0 saturated heterocycles. The molecule has 2 atom stereocenters. The van der Waals surface area contributed by atoms with Crippen LogP contribution in [0.1, 0.15) is 96.4 Å². The molecule has 204 valence electrons. The number of carbonyl (C=O) groups is 2. The monoisotopic (exact) mass is 511 g/mol. The van der Waals surface area contributed by atoms with Crippen molar-refractivity contribution in [1.29, 1.82) is 0 Å². The first-order valence-corrected chi connectivity index (χ1v) is 13.4. The Balaban J connectivity index is 0. The molecule has 2 N–H and O–H groups in total. The first kappa shape index (κ1) is 35.3. The van der Waals surface area contributed by atoms with Gasteiger partial charge in [0, 0.05) is 11.6 Å². The number of hydroxylamine groups is 2. The lowest BCUT2D eigenvalue weighted by Gasteiger charge is -2.48. The highest BCUT2D eigenvalue weighted by Crippen LogP contribution is 2.61. The number of carbonyl (C=O) groups excluding carboxylic acids is 1. The summed E-state index contributed by atoms with van der Waals surface area (Å²) in [5, 5.41) is 19.1. The highest BCUT2D eigenvalue weighted by atomic mass is 31.2. The molecule has 0 aromatic rings. The van der Waals surface area contributed by atoms with Crippen LogP contribution < -0.4 is 0 Å². The summed E-state index contributed by atoms with van der Waals surface area (Å²) in [6.45, 7) is 23.0. The van der Waals surface area contributed by atoms with E-state index in [0.29, 0.717) is 0 Å². The average Bonchev–Trinajstić information content (AvgIpc) is 2.57. The number of rotatable bonds is 12. The van der Waals surface area contributed by atoms with Crippen LogP contribution in [0.2, 0.25) is 0 Å². The van der Waals surface area contributed by atoms with Crippen LogP contribution in [0.5, 0.6) is 0 Å². The van der Waals surface area contributed by atoms with Crippen molar-refractivity contribution in [3.8, 4) is 0 Å². The second-order valence-electron chi connectivity index (χ2n) is 11.3. The van der Waals surface area contributed by atoms with Gasteiger partial charge in [0.05, 0.1) is 18.6 Å². The van der Waals surface area contributed by atoms with E-state index in [9.17, 15) is 19.3 Å². The van der Waals surface area contributed by atoms with Crippen LogP contribution >= 0.6 is 7.60 Å². The molecule has 10 heteroatoms. The number of Topliss-reactive ketones (excluding diaryl/α,β-unsaturated/α-hetero) is 1. The number of hydrogen-bond donors (Lipinski definition) is 2. The van der Waals surface area contributed by atoms with Crippen molar-refractivity contribution in [2.45, 2.75) is 120 Å². The fourth-order valence-corrected chi connectivity index (χ4v) is 5.70. The number of carboxylic acids is 1. The van der Waals surface area contributed by atoms with E-state index in [-0.39, 0.29) is 31.5 Å². The summed E-state index contributed by atoms with van der Waals surface area (Å²) in [5.41, 5.74) is -2.49. The minimum atomic E-state index is -3.69. The Kier molecular flexibility index (Phi) is 14.6. The van der Waals surface area contributed by atoms with Gasteiger partial charge in [0.15, 0.2) is 5.78 Å². The fraction of sp³-hybridized carbons (Fsp3) is 0.917. The Hall–Kier alpha value is -0.830. The van der Waals surface area contributed by atoms with Gasteiger partial charge in [-0.05, 0) is 81.1 Å². The van der Waals surface area contributed by atoms with Crippen LogP contribution in [-0.4, -0.2) is 63.8 Å². The van der Waals surface area contributed by atoms with Crippen LogP contribution in [0.3, 0.4) is 0 Å². The summed E-state index contributed by atoms with van der Waals surface area (Å²) in [4.78, 5) is 30.2. The third-order valence-electron chi connectivity index (χ3n) is 4.54. The molecule has 0 fully saturated rings. The van der Waals surface area contributed by atoms with Crippen molar-refractivity contribution in [2.75, 3.05) is 13.2 Å². The first-order valence-electron chi connectivity index (χ1n) is 11.8. The number of hydrogen-bond acceptors (Lipinski definition) is 8. The van der Waals surface area contributed by atoms with Gasteiger partial charge in [-0.15, -0.1) is 0 Å². The average molecular weight is 512 g/mol. The van der Waals surface area contributed by atoms with Crippen LogP contribution in [0.15, 0.2) is 0 Å². The lowest BCUT2D eigenvalue weighted by atomic mass is 9.86. The Morgan fingerprint density at radius 1 is 0.941 bits per heavy atom. The van der Waals surface area contributed by atoms with Crippen LogP contribution in [0.25, 0.3) is 0 Å². The molecule has 0 amide bonds. The molecule has 9 nitrogen and oxygen atoms in total. The zero-order valence-corrected chi connectivity index (χ0v) is 24.5. The van der Waals surface area contributed by atoms with Crippen molar-refractivity contribution in [3.05, 3.63) is 0 Å². The minimum absolute atomic E-state index is 0.0331. The largest absolute Gasteiger partial charge is 0.481 e. The molecule has 0 aliphatic heterocycles. The summed E-state index contributed by atoms with van der Waals surface area (Å²) in [7, 11) is -3.69. The van der Waals surface area contributed by atoms with Crippen LogP contribution in [0, 0.1) is 10.8 Å². The smallest absolute Gasteiger partial charge is 0.350 e. The second kappa shape index (κ2) is 14.0. The standard InChI is InChI=1S/C21H42NO7P.C3H8O/c1-12-27-30(26,28-13-2)17(19(4,5)6)22(20(7,8)9)29-16(15(3)23)14-21(10,11)18(24)25;1-3(2)4/h16-17H,12-14H2,1-11H3,(H,24,25);3-4H,1-2H3. The van der Waals surface area contributed by atoms with Crippen molar-refractivity contribution < 1.29 is 38.3 Å². The summed E-state index contributed by atoms with van der Waals surface area (Å²) < 4.78 is 25.1. The predicted molar refractivity (Wildman–Crippen MR) is 135 cm³/mol. The van der Waals surface area contributed by atoms with E-state index in [0.717, 1.165) is 0 Å². The normalized spacial score (nSPS) is 15.1. The number of aliphatic carboxylic acids is 1. The van der Waals surface area contributed by atoms with Crippen LogP contribution in [0.4, 0.5) is 0 Å². The number of aliphatic hydroxyl groups excluding tert-OH is 1. The number of aliphatic hydroxyl groups is 1. The second-order valence-corrected chi connectivity index (χ2v) is 13.4. The SMILES string of the molecule is CC(C)O.CCOP(=O)(OCC)C(N(OC(CC(C)(C)C(=O)O)C(C)=O)C(C)(C)C)C(C)(C)C. The zero-order chi connectivity index (χ0) is 27.7. The van der Waals surface area contributed by atoms with Gasteiger partial charge in [-0.25, -0.2) is 0 Å². The predicted octanol–water partition coefficient (Wildman–Crippen LogP) is 5.50. The molecule has 0 bridgehead atoms. The maximum Gasteiger partial charge on any atom is 0.350 e. The maximum absolute atomic E-state index is 13.8.